The maximum absolute atomic E-state index is 13.3. The van der Waals surface area contributed by atoms with Gasteiger partial charge in [-0.2, -0.15) is 0 Å². The third kappa shape index (κ3) is 5.41. The number of piperidine rings is 1. The summed E-state index contributed by atoms with van der Waals surface area (Å²) >= 11 is 1.81. The van der Waals surface area contributed by atoms with Crippen molar-refractivity contribution in [2.45, 2.75) is 30.6 Å². The molecule has 3 heterocycles. The second kappa shape index (κ2) is 10.9. The molecule has 1 spiro atoms. The van der Waals surface area contributed by atoms with E-state index in [2.05, 4.69) is 34.5 Å². The summed E-state index contributed by atoms with van der Waals surface area (Å²) in [5.41, 5.74) is 1.76. The van der Waals surface area contributed by atoms with Crippen LogP contribution in [0.25, 0.3) is 0 Å². The number of nitrogens with one attached hydrogen (secondary N) is 1. The van der Waals surface area contributed by atoms with Gasteiger partial charge < -0.3 is 15.0 Å². The van der Waals surface area contributed by atoms with Gasteiger partial charge in [0, 0.05) is 17.2 Å². The van der Waals surface area contributed by atoms with E-state index in [1.165, 1.54) is 4.90 Å². The topological polar surface area (TPSA) is 61.9 Å². The smallest absolute Gasteiger partial charge is 0.241 e. The Balaban J connectivity index is 1.22. The second-order valence-electron chi connectivity index (χ2n) is 9.51. The fourth-order valence-corrected chi connectivity index (χ4v) is 6.21. The van der Waals surface area contributed by atoms with Gasteiger partial charge in [-0.05, 0) is 62.5 Å². The molecule has 3 aliphatic rings. The number of para-hydroxylation sites is 2. The van der Waals surface area contributed by atoms with E-state index in [0.29, 0.717) is 19.7 Å². The first-order chi connectivity index (χ1) is 17.1. The highest BCUT2D eigenvalue weighted by Gasteiger charge is 2.41. The molecular formula is C28H33N3O3S. The van der Waals surface area contributed by atoms with Gasteiger partial charge in [0.05, 0.1) is 24.2 Å². The third-order valence-corrected chi connectivity index (χ3v) is 8.36. The highest BCUT2D eigenvalue weighted by Crippen LogP contribution is 2.37. The Hall–Kier alpha value is -2.77. The number of allylic oxidation sites excluding steroid dienone is 2. The highest BCUT2D eigenvalue weighted by molar-refractivity contribution is 7.99. The minimum Gasteiger partial charge on any atom is -0.491 e. The number of ether oxygens (including phenoxy) is 1. The van der Waals surface area contributed by atoms with Crippen molar-refractivity contribution in [3.05, 3.63) is 66.2 Å². The zero-order valence-electron chi connectivity index (χ0n) is 20.1. The summed E-state index contributed by atoms with van der Waals surface area (Å²) in [4.78, 5) is 31.8. The van der Waals surface area contributed by atoms with Crippen LogP contribution in [0.2, 0.25) is 0 Å². The van der Waals surface area contributed by atoms with Gasteiger partial charge in [-0.1, -0.05) is 42.5 Å². The molecule has 7 heteroatoms. The summed E-state index contributed by atoms with van der Waals surface area (Å²) in [5, 5.41) is 3.12. The van der Waals surface area contributed by atoms with E-state index in [1.807, 2.05) is 53.1 Å². The molecule has 1 fully saturated rings. The van der Waals surface area contributed by atoms with Crippen LogP contribution >= 0.6 is 11.8 Å². The quantitative estimate of drug-likeness (QED) is 0.646. The van der Waals surface area contributed by atoms with Crippen molar-refractivity contribution < 1.29 is 14.3 Å². The van der Waals surface area contributed by atoms with Crippen LogP contribution in [0, 0.1) is 5.41 Å². The summed E-state index contributed by atoms with van der Waals surface area (Å²) in [5.74, 6) is 2.06. The standard InChI is InChI=1S/C28H33N3O3S/c32-26(31-18-20-35-25-11-4-2-9-23(25)31)21-30-16-13-28(14-17-30)12-6-5-8-22-7-1-3-10-24(22)34-19-15-29-27(28)33/h1-7,9-11H,8,12-21H2,(H,29,33)/b6-5+. The molecule has 0 atom stereocenters. The molecule has 35 heavy (non-hydrogen) atoms. The molecule has 184 valence electrons. The predicted molar refractivity (Wildman–Crippen MR) is 140 cm³/mol. The number of carbonyl (C=O) groups excluding carboxylic acids is 2. The number of fused-ring (bicyclic) bond motifs is 2. The maximum Gasteiger partial charge on any atom is 0.241 e. The lowest BCUT2D eigenvalue weighted by Crippen LogP contribution is -2.51. The zero-order chi connectivity index (χ0) is 24.1. The normalized spacial score (nSPS) is 21.5. The van der Waals surface area contributed by atoms with E-state index < -0.39 is 5.41 Å². The number of carbonyl (C=O) groups is 2. The Bertz CT molecular complexity index is 1090. The third-order valence-electron chi connectivity index (χ3n) is 7.31. The molecule has 1 saturated heterocycles. The van der Waals surface area contributed by atoms with E-state index in [9.17, 15) is 9.59 Å². The first-order valence-electron chi connectivity index (χ1n) is 12.5. The molecule has 0 saturated carbocycles. The van der Waals surface area contributed by atoms with Crippen LogP contribution in [0.15, 0.2) is 65.6 Å². The molecule has 6 nitrogen and oxygen atoms in total. The number of hydrogen-bond acceptors (Lipinski definition) is 5. The van der Waals surface area contributed by atoms with Gasteiger partial charge >= 0.3 is 0 Å². The number of rotatable bonds is 2. The summed E-state index contributed by atoms with van der Waals surface area (Å²) < 4.78 is 5.93. The van der Waals surface area contributed by atoms with Crippen molar-refractivity contribution in [2.75, 3.05) is 50.0 Å². The van der Waals surface area contributed by atoms with Crippen molar-refractivity contribution in [2.24, 2.45) is 5.41 Å². The summed E-state index contributed by atoms with van der Waals surface area (Å²) in [6, 6.07) is 16.2. The lowest BCUT2D eigenvalue weighted by molar-refractivity contribution is -0.134. The van der Waals surface area contributed by atoms with Crippen LogP contribution in [-0.4, -0.2) is 61.8 Å². The SMILES string of the molecule is O=C(CN1CCC2(C/C=C/Cc3ccccc3OCCNC2=O)CC1)N1CCSc2ccccc21. The van der Waals surface area contributed by atoms with Gasteiger partial charge in [0.15, 0.2) is 0 Å². The lowest BCUT2D eigenvalue weighted by Gasteiger charge is -2.41. The van der Waals surface area contributed by atoms with Gasteiger partial charge in [-0.15, -0.1) is 11.8 Å². The van der Waals surface area contributed by atoms with E-state index >= 15 is 0 Å². The monoisotopic (exact) mass is 491 g/mol. The average Bonchev–Trinajstić information content (AvgIpc) is 2.89. The molecule has 0 aliphatic carbocycles. The number of hydrogen-bond donors (Lipinski definition) is 1. The van der Waals surface area contributed by atoms with Crippen molar-refractivity contribution in [1.29, 1.82) is 0 Å². The van der Waals surface area contributed by atoms with Crippen LogP contribution in [-0.2, 0) is 16.0 Å². The molecule has 2 aromatic carbocycles. The molecule has 3 aliphatic heterocycles. The number of likely N-dealkylation sites (tertiary alicyclic amines) is 1. The summed E-state index contributed by atoms with van der Waals surface area (Å²) in [7, 11) is 0. The minimum absolute atomic E-state index is 0.104. The summed E-state index contributed by atoms with van der Waals surface area (Å²) in [6.45, 7) is 3.59. The van der Waals surface area contributed by atoms with Gasteiger partial charge in [0.25, 0.3) is 0 Å². The largest absolute Gasteiger partial charge is 0.491 e. The minimum atomic E-state index is -0.427. The maximum atomic E-state index is 13.3. The van der Waals surface area contributed by atoms with Gasteiger partial charge in [-0.25, -0.2) is 0 Å². The highest BCUT2D eigenvalue weighted by atomic mass is 32.2. The van der Waals surface area contributed by atoms with Crippen LogP contribution < -0.4 is 15.0 Å². The lowest BCUT2D eigenvalue weighted by atomic mass is 9.74. The summed E-state index contributed by atoms with van der Waals surface area (Å²) in [6.07, 6.45) is 7.33. The van der Waals surface area contributed by atoms with Crippen molar-refractivity contribution in [3.63, 3.8) is 0 Å². The molecule has 0 aromatic heterocycles. The van der Waals surface area contributed by atoms with Crippen LogP contribution in [0.4, 0.5) is 5.69 Å². The molecule has 2 aromatic rings. The van der Waals surface area contributed by atoms with Crippen LogP contribution in [0.5, 0.6) is 5.75 Å². The number of nitrogens with zero attached hydrogens (tertiary/aromatic N) is 2. The Morgan fingerprint density at radius 3 is 2.71 bits per heavy atom. The van der Waals surface area contributed by atoms with E-state index in [-0.39, 0.29) is 11.8 Å². The molecular weight excluding hydrogens is 458 g/mol. The Labute approximate surface area is 211 Å². The van der Waals surface area contributed by atoms with Gasteiger partial charge in [0.1, 0.15) is 12.4 Å². The predicted octanol–water partition coefficient (Wildman–Crippen LogP) is 3.91. The molecule has 2 amide bonds. The Morgan fingerprint density at radius 1 is 1.03 bits per heavy atom. The van der Waals surface area contributed by atoms with Crippen LogP contribution in [0.3, 0.4) is 0 Å². The average molecular weight is 492 g/mol. The van der Waals surface area contributed by atoms with E-state index in [0.717, 1.165) is 68.1 Å². The van der Waals surface area contributed by atoms with Crippen LogP contribution in [0.1, 0.15) is 24.8 Å². The number of benzene rings is 2. The second-order valence-corrected chi connectivity index (χ2v) is 10.6. The first kappa shape index (κ1) is 23.9. The van der Waals surface area contributed by atoms with Gasteiger partial charge in [-0.3, -0.25) is 14.5 Å². The van der Waals surface area contributed by atoms with Crippen molar-refractivity contribution in [1.82, 2.24) is 10.2 Å². The Kier molecular flexibility index (Phi) is 7.44. The van der Waals surface area contributed by atoms with Crippen molar-refractivity contribution in [3.8, 4) is 5.75 Å². The molecule has 5 rings (SSSR count). The first-order valence-corrected chi connectivity index (χ1v) is 13.5. The fraction of sp³-hybridized carbons (Fsp3) is 0.429. The molecule has 0 radical (unpaired) electrons. The number of amides is 2. The zero-order valence-corrected chi connectivity index (χ0v) is 20.9. The Morgan fingerprint density at radius 2 is 1.83 bits per heavy atom. The molecule has 0 unspecified atom stereocenters. The van der Waals surface area contributed by atoms with E-state index in [1.54, 1.807) is 0 Å². The molecule has 0 bridgehead atoms. The molecule has 1 N–H and O–H groups in total. The number of thioether (sulfide) groups is 1. The number of anilines is 1. The van der Waals surface area contributed by atoms with Gasteiger partial charge in [0.2, 0.25) is 11.8 Å². The fourth-order valence-electron chi connectivity index (χ4n) is 5.21. The van der Waals surface area contributed by atoms with E-state index in [4.69, 9.17) is 4.74 Å². The van der Waals surface area contributed by atoms with Crippen molar-refractivity contribution >= 4 is 29.3 Å².